The molecule has 0 saturated heterocycles. The first-order valence-corrected chi connectivity index (χ1v) is 8.90. The first-order valence-electron chi connectivity index (χ1n) is 7.33. The molecule has 0 amide bonds. The molecule has 2 aromatic carbocycles. The second-order valence-corrected chi connectivity index (χ2v) is 6.83. The second kappa shape index (κ2) is 8.85. The molecule has 8 heteroatoms. The number of aromatic nitrogens is 1. The van der Waals surface area contributed by atoms with E-state index in [2.05, 4.69) is 10.3 Å². The number of hydrogen-bond donors (Lipinski definition) is 1. The standard InChI is InChI=1S/C17H14Cl2N2O2S.BrH/c1-2-23-14-4-3-5-15-16(14)21-17(24-15)20-9-13(22)11-7-6-10(18)8-12(11)19;/h3-8H,2,9H2,1H3,(H,20,21);1H/p-1. The van der Waals surface area contributed by atoms with Crippen LogP contribution in [0.4, 0.5) is 5.13 Å². The zero-order valence-corrected chi connectivity index (χ0v) is 17.1. The molecule has 0 radical (unpaired) electrons. The highest BCUT2D eigenvalue weighted by molar-refractivity contribution is 7.22. The van der Waals surface area contributed by atoms with E-state index < -0.39 is 0 Å². The van der Waals surface area contributed by atoms with Gasteiger partial charge in [0, 0.05) is 10.6 Å². The van der Waals surface area contributed by atoms with Crippen LogP contribution in [0.5, 0.6) is 5.75 Å². The molecule has 0 atom stereocenters. The van der Waals surface area contributed by atoms with E-state index in [9.17, 15) is 4.79 Å². The minimum Gasteiger partial charge on any atom is -1.00 e. The molecule has 132 valence electrons. The Bertz CT molecular complexity index is 901. The zero-order chi connectivity index (χ0) is 17.1. The van der Waals surface area contributed by atoms with Gasteiger partial charge in [-0.3, -0.25) is 4.79 Å². The van der Waals surface area contributed by atoms with Crippen molar-refractivity contribution >= 4 is 55.7 Å². The molecule has 4 nitrogen and oxygen atoms in total. The lowest BCUT2D eigenvalue weighted by Gasteiger charge is -2.05. The molecule has 0 spiro atoms. The summed E-state index contributed by atoms with van der Waals surface area (Å²) in [5.74, 6) is 0.618. The Morgan fingerprint density at radius 2 is 2.08 bits per heavy atom. The Kier molecular flexibility index (Phi) is 7.07. The van der Waals surface area contributed by atoms with E-state index in [0.717, 1.165) is 16.0 Å². The van der Waals surface area contributed by atoms with E-state index in [4.69, 9.17) is 27.9 Å². The number of nitrogens with one attached hydrogen (secondary N) is 1. The molecule has 1 N–H and O–H groups in total. The zero-order valence-electron chi connectivity index (χ0n) is 13.2. The van der Waals surface area contributed by atoms with Crippen molar-refractivity contribution in [1.82, 2.24) is 4.98 Å². The van der Waals surface area contributed by atoms with Crippen LogP contribution in [0.3, 0.4) is 0 Å². The predicted molar refractivity (Wildman–Crippen MR) is 100 cm³/mol. The molecule has 0 bridgehead atoms. The quantitative estimate of drug-likeness (QED) is 0.573. The second-order valence-electron chi connectivity index (χ2n) is 4.96. The average molecular weight is 461 g/mol. The molecule has 1 aromatic heterocycles. The molecule has 0 aliphatic carbocycles. The van der Waals surface area contributed by atoms with Gasteiger partial charge in [-0.15, -0.1) is 0 Å². The largest absolute Gasteiger partial charge is 1.00 e. The maximum Gasteiger partial charge on any atom is 0.184 e. The van der Waals surface area contributed by atoms with Crippen molar-refractivity contribution in [3.8, 4) is 5.75 Å². The Morgan fingerprint density at radius 3 is 2.80 bits per heavy atom. The number of rotatable bonds is 6. The van der Waals surface area contributed by atoms with Crippen LogP contribution >= 0.6 is 34.5 Å². The molecule has 0 aliphatic rings. The summed E-state index contributed by atoms with van der Waals surface area (Å²) in [5, 5.41) is 4.56. The predicted octanol–water partition coefficient (Wildman–Crippen LogP) is 2.30. The van der Waals surface area contributed by atoms with Crippen LogP contribution in [0, 0.1) is 0 Å². The van der Waals surface area contributed by atoms with Crippen LogP contribution in [0.15, 0.2) is 36.4 Å². The molecular formula is C17H14BrCl2N2O2S-. The van der Waals surface area contributed by atoms with Crippen LogP contribution in [-0.4, -0.2) is 23.9 Å². The number of thiazole rings is 1. The minimum absolute atomic E-state index is 0. The van der Waals surface area contributed by atoms with Crippen LogP contribution in [0.2, 0.25) is 10.0 Å². The Labute approximate surface area is 169 Å². The molecule has 1 heterocycles. The first-order chi connectivity index (χ1) is 11.6. The number of hydrogen-bond acceptors (Lipinski definition) is 5. The fourth-order valence-electron chi connectivity index (χ4n) is 2.24. The topological polar surface area (TPSA) is 51.2 Å². The molecule has 3 rings (SSSR count). The lowest BCUT2D eigenvalue weighted by molar-refractivity contribution is -0.0000128. The van der Waals surface area contributed by atoms with E-state index in [1.807, 2.05) is 25.1 Å². The van der Waals surface area contributed by atoms with Crippen LogP contribution in [-0.2, 0) is 0 Å². The molecule has 3 aromatic rings. The summed E-state index contributed by atoms with van der Waals surface area (Å²) in [6, 6.07) is 10.6. The fraction of sp³-hybridized carbons (Fsp3) is 0.176. The summed E-state index contributed by atoms with van der Waals surface area (Å²) in [4.78, 5) is 16.8. The van der Waals surface area contributed by atoms with Gasteiger partial charge in [0.2, 0.25) is 0 Å². The number of nitrogens with zero attached hydrogens (tertiary/aromatic N) is 1. The third-order valence-corrected chi connectivity index (χ3v) is 4.84. The molecule has 25 heavy (non-hydrogen) atoms. The highest BCUT2D eigenvalue weighted by atomic mass is 79.9. The van der Waals surface area contributed by atoms with Crippen molar-refractivity contribution < 1.29 is 26.5 Å². The summed E-state index contributed by atoms with van der Waals surface area (Å²) in [7, 11) is 0. The van der Waals surface area contributed by atoms with Gasteiger partial charge in [-0.25, -0.2) is 4.98 Å². The van der Waals surface area contributed by atoms with Gasteiger partial charge < -0.3 is 27.0 Å². The Morgan fingerprint density at radius 1 is 1.28 bits per heavy atom. The fourth-order valence-corrected chi connectivity index (χ4v) is 3.63. The molecular weight excluding hydrogens is 447 g/mol. The molecule has 0 unspecified atom stereocenters. The first kappa shape index (κ1) is 20.0. The maximum absolute atomic E-state index is 12.3. The lowest BCUT2D eigenvalue weighted by atomic mass is 10.1. The number of Topliss-reactive ketones (excluding diaryl/α,β-unsaturated/α-hetero) is 1. The Balaban J connectivity index is 0.00000225. The monoisotopic (exact) mass is 459 g/mol. The molecule has 0 saturated carbocycles. The number of carbonyl (C=O) groups excluding carboxylic acids is 1. The number of carbonyl (C=O) groups is 1. The summed E-state index contributed by atoms with van der Waals surface area (Å²) in [6.07, 6.45) is 0. The third-order valence-electron chi connectivity index (χ3n) is 3.31. The SMILES string of the molecule is CCOc1cccc2sc(NCC(=O)c3ccc(Cl)cc3Cl)nc12.[Br-]. The smallest absolute Gasteiger partial charge is 0.184 e. The summed E-state index contributed by atoms with van der Waals surface area (Å²) in [6.45, 7) is 2.61. The van der Waals surface area contributed by atoms with Crippen molar-refractivity contribution in [2.75, 3.05) is 18.5 Å². The number of halogens is 3. The van der Waals surface area contributed by atoms with Crippen LogP contribution in [0.25, 0.3) is 10.2 Å². The van der Waals surface area contributed by atoms with Crippen LogP contribution < -0.4 is 27.0 Å². The normalized spacial score (nSPS) is 10.4. The van der Waals surface area contributed by atoms with Gasteiger partial charge in [-0.05, 0) is 37.3 Å². The summed E-state index contributed by atoms with van der Waals surface area (Å²) >= 11 is 13.4. The lowest BCUT2D eigenvalue weighted by Crippen LogP contribution is -3.00. The maximum atomic E-state index is 12.3. The van der Waals surface area contributed by atoms with Gasteiger partial charge in [-0.2, -0.15) is 0 Å². The third kappa shape index (κ3) is 4.64. The van der Waals surface area contributed by atoms with Crippen molar-refractivity contribution in [2.45, 2.75) is 6.92 Å². The van der Waals surface area contributed by atoms with Crippen LogP contribution in [0.1, 0.15) is 17.3 Å². The number of fused-ring (bicyclic) bond motifs is 1. The number of anilines is 1. The number of ketones is 1. The summed E-state index contributed by atoms with van der Waals surface area (Å²) in [5.41, 5.74) is 1.23. The van der Waals surface area contributed by atoms with Gasteiger partial charge in [-0.1, -0.05) is 40.6 Å². The Hall–Kier alpha value is -1.34. The van der Waals surface area contributed by atoms with Crippen molar-refractivity contribution in [1.29, 1.82) is 0 Å². The van der Waals surface area contributed by atoms with E-state index in [1.165, 1.54) is 11.3 Å². The highest BCUT2D eigenvalue weighted by Crippen LogP contribution is 2.32. The van der Waals surface area contributed by atoms with Gasteiger partial charge in [0.15, 0.2) is 10.9 Å². The minimum atomic E-state index is -0.124. The molecule has 0 fully saturated rings. The van der Waals surface area contributed by atoms with Gasteiger partial charge in [0.25, 0.3) is 0 Å². The highest BCUT2D eigenvalue weighted by Gasteiger charge is 2.13. The summed E-state index contributed by atoms with van der Waals surface area (Å²) < 4.78 is 6.57. The van der Waals surface area contributed by atoms with Gasteiger partial charge in [0.05, 0.1) is 22.9 Å². The van der Waals surface area contributed by atoms with Crippen molar-refractivity contribution in [3.05, 3.63) is 52.0 Å². The van der Waals surface area contributed by atoms with E-state index in [1.54, 1.807) is 18.2 Å². The number of benzene rings is 2. The number of para-hydroxylation sites is 1. The van der Waals surface area contributed by atoms with E-state index in [0.29, 0.717) is 27.3 Å². The average Bonchev–Trinajstić information content (AvgIpc) is 2.97. The van der Waals surface area contributed by atoms with E-state index >= 15 is 0 Å². The molecule has 0 aliphatic heterocycles. The van der Waals surface area contributed by atoms with Gasteiger partial charge >= 0.3 is 0 Å². The van der Waals surface area contributed by atoms with Gasteiger partial charge in [0.1, 0.15) is 11.3 Å². The number of ether oxygens (including phenoxy) is 1. The van der Waals surface area contributed by atoms with Crippen molar-refractivity contribution in [3.63, 3.8) is 0 Å². The van der Waals surface area contributed by atoms with E-state index in [-0.39, 0.29) is 29.3 Å². The van der Waals surface area contributed by atoms with Crippen molar-refractivity contribution in [2.24, 2.45) is 0 Å².